The highest BCUT2D eigenvalue weighted by molar-refractivity contribution is 6.30. The molecule has 0 unspecified atom stereocenters. The fraction of sp³-hybridized carbons (Fsp3) is 0.429. The van der Waals surface area contributed by atoms with Crippen molar-refractivity contribution in [2.75, 3.05) is 32.7 Å². The molecule has 0 atom stereocenters. The molecule has 1 aliphatic rings. The molecule has 1 aliphatic heterocycles. The SMILES string of the molecule is Clc1cccc(-n2cc(CCN3CC[N]CC3)nn2)c1. The molecule has 0 N–H and O–H groups in total. The molecule has 1 saturated heterocycles. The Morgan fingerprint density at radius 1 is 1.20 bits per heavy atom. The van der Waals surface area contributed by atoms with E-state index >= 15 is 0 Å². The average Bonchev–Trinajstić information content (AvgIpc) is 2.95. The van der Waals surface area contributed by atoms with Crippen LogP contribution in [-0.2, 0) is 6.42 Å². The van der Waals surface area contributed by atoms with Crippen LogP contribution < -0.4 is 5.32 Å². The number of halogens is 1. The predicted octanol–water partition coefficient (Wildman–Crippen LogP) is 1.38. The molecule has 0 saturated carbocycles. The second-order valence-electron chi connectivity index (χ2n) is 4.90. The largest absolute Gasteiger partial charge is 0.300 e. The normalized spacial score (nSPS) is 16.4. The molecule has 2 heterocycles. The lowest BCUT2D eigenvalue weighted by molar-refractivity contribution is 0.240. The van der Waals surface area contributed by atoms with Gasteiger partial charge in [0.05, 0.1) is 17.6 Å². The summed E-state index contributed by atoms with van der Waals surface area (Å²) in [5.74, 6) is 0. The summed E-state index contributed by atoms with van der Waals surface area (Å²) in [4.78, 5) is 2.42. The first-order valence-electron chi connectivity index (χ1n) is 6.84. The van der Waals surface area contributed by atoms with E-state index in [0.29, 0.717) is 5.02 Å². The van der Waals surface area contributed by atoms with E-state index in [-0.39, 0.29) is 0 Å². The van der Waals surface area contributed by atoms with E-state index in [1.165, 1.54) is 0 Å². The minimum atomic E-state index is 0.705. The van der Waals surface area contributed by atoms with Crippen molar-refractivity contribution in [1.29, 1.82) is 0 Å². The molecule has 1 fully saturated rings. The van der Waals surface area contributed by atoms with E-state index in [2.05, 4.69) is 20.5 Å². The minimum absolute atomic E-state index is 0.705. The summed E-state index contributed by atoms with van der Waals surface area (Å²) in [5, 5.41) is 13.4. The fourth-order valence-electron chi connectivity index (χ4n) is 2.30. The average molecular weight is 291 g/mol. The van der Waals surface area contributed by atoms with Crippen LogP contribution in [0.2, 0.25) is 5.02 Å². The molecule has 0 aliphatic carbocycles. The molecule has 105 valence electrons. The van der Waals surface area contributed by atoms with E-state index in [9.17, 15) is 0 Å². The van der Waals surface area contributed by atoms with Crippen molar-refractivity contribution >= 4 is 11.6 Å². The third-order valence-electron chi connectivity index (χ3n) is 3.45. The zero-order valence-corrected chi connectivity index (χ0v) is 12.0. The number of benzene rings is 1. The van der Waals surface area contributed by atoms with Crippen LogP contribution in [0.1, 0.15) is 5.69 Å². The first-order chi connectivity index (χ1) is 9.81. The summed E-state index contributed by atoms with van der Waals surface area (Å²) in [6.45, 7) is 5.04. The van der Waals surface area contributed by atoms with Gasteiger partial charge in [-0.25, -0.2) is 10.00 Å². The number of hydrogen-bond acceptors (Lipinski definition) is 3. The smallest absolute Gasteiger partial charge is 0.0844 e. The van der Waals surface area contributed by atoms with Gasteiger partial charge < -0.3 is 4.90 Å². The molecule has 0 spiro atoms. The van der Waals surface area contributed by atoms with E-state index in [1.807, 2.05) is 30.5 Å². The summed E-state index contributed by atoms with van der Waals surface area (Å²) in [6, 6.07) is 7.61. The van der Waals surface area contributed by atoms with Crippen LogP contribution in [0.25, 0.3) is 5.69 Å². The molecule has 5 nitrogen and oxygen atoms in total. The van der Waals surface area contributed by atoms with Crippen LogP contribution in [0.15, 0.2) is 30.5 Å². The number of rotatable bonds is 4. The minimum Gasteiger partial charge on any atom is -0.300 e. The zero-order chi connectivity index (χ0) is 13.8. The second-order valence-corrected chi connectivity index (χ2v) is 5.33. The van der Waals surface area contributed by atoms with Crippen molar-refractivity contribution in [2.24, 2.45) is 0 Å². The van der Waals surface area contributed by atoms with Gasteiger partial charge in [-0.05, 0) is 18.2 Å². The monoisotopic (exact) mass is 290 g/mol. The summed E-state index contributed by atoms with van der Waals surface area (Å²) in [7, 11) is 0. The van der Waals surface area contributed by atoms with Crippen molar-refractivity contribution in [2.45, 2.75) is 6.42 Å². The van der Waals surface area contributed by atoms with E-state index < -0.39 is 0 Å². The van der Waals surface area contributed by atoms with Crippen LogP contribution in [-0.4, -0.2) is 52.6 Å². The van der Waals surface area contributed by atoms with E-state index in [4.69, 9.17) is 11.6 Å². The molecule has 3 rings (SSSR count). The zero-order valence-electron chi connectivity index (χ0n) is 11.2. The maximum atomic E-state index is 5.99. The molecule has 1 aromatic heterocycles. The Morgan fingerprint density at radius 2 is 2.05 bits per heavy atom. The molecule has 0 amide bonds. The number of nitrogens with zero attached hydrogens (tertiary/aromatic N) is 5. The molecule has 1 radical (unpaired) electrons. The third-order valence-corrected chi connectivity index (χ3v) is 3.68. The summed E-state index contributed by atoms with van der Waals surface area (Å²) in [6.07, 6.45) is 2.89. The van der Waals surface area contributed by atoms with Crippen LogP contribution in [0.4, 0.5) is 0 Å². The Bertz CT molecular complexity index is 562. The van der Waals surface area contributed by atoms with Crippen molar-refractivity contribution in [3.05, 3.63) is 41.2 Å². The molecule has 20 heavy (non-hydrogen) atoms. The molecule has 0 bridgehead atoms. The van der Waals surface area contributed by atoms with Gasteiger partial charge in [-0.2, -0.15) is 0 Å². The Labute approximate surface area is 123 Å². The molecular formula is C14H17ClN5. The lowest BCUT2D eigenvalue weighted by Crippen LogP contribution is -2.41. The molecular weight excluding hydrogens is 274 g/mol. The molecule has 6 heteroatoms. The Kier molecular flexibility index (Phi) is 4.30. The van der Waals surface area contributed by atoms with Gasteiger partial charge in [0, 0.05) is 44.2 Å². The van der Waals surface area contributed by atoms with Gasteiger partial charge in [0.2, 0.25) is 0 Å². The lowest BCUT2D eigenvalue weighted by Gasteiger charge is -2.25. The quantitative estimate of drug-likeness (QED) is 0.855. The van der Waals surface area contributed by atoms with Gasteiger partial charge in [0.25, 0.3) is 0 Å². The van der Waals surface area contributed by atoms with Crippen molar-refractivity contribution in [3.8, 4) is 5.69 Å². The lowest BCUT2D eigenvalue weighted by atomic mass is 10.2. The highest BCUT2D eigenvalue weighted by Gasteiger charge is 2.11. The molecule has 1 aromatic carbocycles. The Hall–Kier alpha value is -1.43. The summed E-state index contributed by atoms with van der Waals surface area (Å²) in [5.41, 5.74) is 1.94. The van der Waals surface area contributed by atoms with Gasteiger partial charge in [-0.3, -0.25) is 0 Å². The molecule has 2 aromatic rings. The van der Waals surface area contributed by atoms with Crippen LogP contribution in [0.3, 0.4) is 0 Å². The van der Waals surface area contributed by atoms with Crippen molar-refractivity contribution in [3.63, 3.8) is 0 Å². The number of hydrogen-bond donors (Lipinski definition) is 0. The van der Waals surface area contributed by atoms with Crippen molar-refractivity contribution in [1.82, 2.24) is 25.2 Å². The second kappa shape index (κ2) is 6.35. The van der Waals surface area contributed by atoms with Gasteiger partial charge in [0.1, 0.15) is 0 Å². The number of aromatic nitrogens is 3. The maximum absolute atomic E-state index is 5.99. The Morgan fingerprint density at radius 3 is 2.85 bits per heavy atom. The van der Waals surface area contributed by atoms with Gasteiger partial charge in [0.15, 0.2) is 0 Å². The van der Waals surface area contributed by atoms with Crippen LogP contribution >= 0.6 is 11.6 Å². The third kappa shape index (κ3) is 3.36. The van der Waals surface area contributed by atoms with Gasteiger partial charge in [-0.15, -0.1) is 5.10 Å². The van der Waals surface area contributed by atoms with Crippen molar-refractivity contribution < 1.29 is 0 Å². The maximum Gasteiger partial charge on any atom is 0.0844 e. The standard InChI is InChI=1S/C14H17ClN5/c15-12-2-1-3-14(10-12)20-11-13(17-18-20)4-7-19-8-5-16-6-9-19/h1-3,10-11H,4-9H2. The van der Waals surface area contributed by atoms with Crippen LogP contribution in [0, 0.1) is 0 Å². The summed E-state index contributed by atoms with van der Waals surface area (Å²) < 4.78 is 1.77. The fourth-order valence-corrected chi connectivity index (χ4v) is 2.49. The first kappa shape index (κ1) is 13.5. The highest BCUT2D eigenvalue weighted by atomic mass is 35.5. The highest BCUT2D eigenvalue weighted by Crippen LogP contribution is 2.14. The van der Waals surface area contributed by atoms with E-state index in [1.54, 1.807) is 4.68 Å². The first-order valence-corrected chi connectivity index (χ1v) is 7.22. The number of piperazine rings is 1. The van der Waals surface area contributed by atoms with E-state index in [0.717, 1.165) is 50.5 Å². The van der Waals surface area contributed by atoms with Gasteiger partial charge >= 0.3 is 0 Å². The Balaban J connectivity index is 1.61. The summed E-state index contributed by atoms with van der Waals surface area (Å²) >= 11 is 5.99. The predicted molar refractivity (Wildman–Crippen MR) is 78.4 cm³/mol. The van der Waals surface area contributed by atoms with Gasteiger partial charge in [-0.1, -0.05) is 22.9 Å². The van der Waals surface area contributed by atoms with Crippen LogP contribution in [0.5, 0.6) is 0 Å². The topological polar surface area (TPSA) is 48.1 Å².